The Morgan fingerprint density at radius 1 is 1.28 bits per heavy atom. The van der Waals surface area contributed by atoms with Crippen LogP contribution >= 0.6 is 11.8 Å². The molecule has 1 N–H and O–H groups in total. The molecule has 0 aliphatic carbocycles. The first-order valence-electron chi connectivity index (χ1n) is 4.74. The number of carboxylic acid groups (broad SMARTS) is 1. The molecule has 0 atom stereocenters. The molecule has 1 heterocycles. The largest absolute Gasteiger partial charge is 0.476 e. The zero-order valence-corrected chi connectivity index (χ0v) is 9.62. The molecule has 0 spiro atoms. The summed E-state index contributed by atoms with van der Waals surface area (Å²) in [6.07, 6.45) is 2.40. The summed E-state index contributed by atoms with van der Waals surface area (Å²) in [6.45, 7) is 0. The van der Waals surface area contributed by atoms with Gasteiger partial charge in [-0.05, 0) is 12.1 Å². The SMILES string of the molecule is O=C(O)c1cncc(Sc2ccc(F)cc2F)n1. The van der Waals surface area contributed by atoms with Crippen molar-refractivity contribution in [3.05, 3.63) is 47.9 Å². The highest BCUT2D eigenvalue weighted by Crippen LogP contribution is 2.28. The van der Waals surface area contributed by atoms with Crippen LogP contribution in [0.25, 0.3) is 0 Å². The monoisotopic (exact) mass is 268 g/mol. The second-order valence-corrected chi connectivity index (χ2v) is 4.29. The fourth-order valence-electron chi connectivity index (χ4n) is 1.17. The number of hydrogen-bond donors (Lipinski definition) is 1. The normalized spacial score (nSPS) is 10.3. The Morgan fingerprint density at radius 3 is 2.72 bits per heavy atom. The zero-order chi connectivity index (χ0) is 13.1. The van der Waals surface area contributed by atoms with Crippen LogP contribution in [0.2, 0.25) is 0 Å². The van der Waals surface area contributed by atoms with Gasteiger partial charge in [0.2, 0.25) is 0 Å². The lowest BCUT2D eigenvalue weighted by Crippen LogP contribution is -2.01. The van der Waals surface area contributed by atoms with Gasteiger partial charge in [-0.15, -0.1) is 0 Å². The Morgan fingerprint density at radius 2 is 2.06 bits per heavy atom. The highest BCUT2D eigenvalue weighted by atomic mass is 32.2. The summed E-state index contributed by atoms with van der Waals surface area (Å²) < 4.78 is 26.1. The number of benzene rings is 1. The quantitative estimate of drug-likeness (QED) is 0.927. The van der Waals surface area contributed by atoms with Crippen LogP contribution in [-0.4, -0.2) is 21.0 Å². The number of aromatic nitrogens is 2. The molecule has 2 rings (SSSR count). The lowest BCUT2D eigenvalue weighted by atomic mass is 10.3. The van der Waals surface area contributed by atoms with Crippen molar-refractivity contribution < 1.29 is 18.7 Å². The molecule has 4 nitrogen and oxygen atoms in total. The van der Waals surface area contributed by atoms with Crippen LogP contribution in [0.3, 0.4) is 0 Å². The van der Waals surface area contributed by atoms with Gasteiger partial charge in [0.1, 0.15) is 16.7 Å². The van der Waals surface area contributed by atoms with Gasteiger partial charge < -0.3 is 5.11 Å². The molecule has 7 heteroatoms. The molecule has 0 fully saturated rings. The molecule has 0 saturated heterocycles. The van der Waals surface area contributed by atoms with Crippen molar-refractivity contribution in [2.24, 2.45) is 0 Å². The topological polar surface area (TPSA) is 63.1 Å². The number of hydrogen-bond acceptors (Lipinski definition) is 4. The summed E-state index contributed by atoms with van der Waals surface area (Å²) in [4.78, 5) is 18.3. The summed E-state index contributed by atoms with van der Waals surface area (Å²) >= 11 is 0.876. The van der Waals surface area contributed by atoms with E-state index in [-0.39, 0.29) is 15.6 Å². The maximum Gasteiger partial charge on any atom is 0.356 e. The molecule has 0 radical (unpaired) electrons. The molecule has 0 saturated carbocycles. The van der Waals surface area contributed by atoms with Gasteiger partial charge in [0, 0.05) is 11.0 Å². The van der Waals surface area contributed by atoms with Crippen LogP contribution in [0.4, 0.5) is 8.78 Å². The van der Waals surface area contributed by atoms with Crippen LogP contribution in [0, 0.1) is 11.6 Å². The van der Waals surface area contributed by atoms with E-state index in [9.17, 15) is 13.6 Å². The Bertz CT molecular complexity index is 607. The molecule has 0 bridgehead atoms. The highest BCUT2D eigenvalue weighted by molar-refractivity contribution is 7.99. The summed E-state index contributed by atoms with van der Waals surface area (Å²) in [5.41, 5.74) is -0.234. The highest BCUT2D eigenvalue weighted by Gasteiger charge is 2.10. The van der Waals surface area contributed by atoms with E-state index in [0.29, 0.717) is 0 Å². The van der Waals surface area contributed by atoms with Gasteiger partial charge in [-0.25, -0.2) is 18.6 Å². The van der Waals surface area contributed by atoms with Crippen molar-refractivity contribution >= 4 is 17.7 Å². The van der Waals surface area contributed by atoms with E-state index >= 15 is 0 Å². The van der Waals surface area contributed by atoms with Gasteiger partial charge in [-0.3, -0.25) is 4.98 Å². The van der Waals surface area contributed by atoms with Crippen molar-refractivity contribution in [1.82, 2.24) is 9.97 Å². The molecule has 2 aromatic rings. The molecule has 0 aliphatic heterocycles. The molecular formula is C11H6F2N2O2S. The van der Waals surface area contributed by atoms with Gasteiger partial charge >= 0.3 is 5.97 Å². The average molecular weight is 268 g/mol. The molecule has 0 amide bonds. The number of nitrogens with zero attached hydrogens (tertiary/aromatic N) is 2. The Hall–Kier alpha value is -2.02. The van der Waals surface area contributed by atoms with Crippen molar-refractivity contribution in [3.63, 3.8) is 0 Å². The van der Waals surface area contributed by atoms with E-state index in [4.69, 9.17) is 5.11 Å². The predicted octanol–water partition coefficient (Wildman–Crippen LogP) is 2.60. The van der Waals surface area contributed by atoms with Crippen molar-refractivity contribution in [2.45, 2.75) is 9.92 Å². The summed E-state index contributed by atoms with van der Waals surface area (Å²) in [5, 5.41) is 8.95. The van der Waals surface area contributed by atoms with Crippen LogP contribution in [-0.2, 0) is 0 Å². The minimum absolute atomic E-state index is 0.147. The van der Waals surface area contributed by atoms with E-state index in [1.807, 2.05) is 0 Å². The van der Waals surface area contributed by atoms with Crippen molar-refractivity contribution in [1.29, 1.82) is 0 Å². The molecule has 1 aromatic carbocycles. The van der Waals surface area contributed by atoms with Gasteiger partial charge in [0.15, 0.2) is 5.69 Å². The summed E-state index contributed by atoms with van der Waals surface area (Å²) in [5.74, 6) is -2.63. The zero-order valence-electron chi connectivity index (χ0n) is 8.80. The average Bonchev–Trinajstić information content (AvgIpc) is 2.33. The fraction of sp³-hybridized carbons (Fsp3) is 0. The van der Waals surface area contributed by atoms with Crippen LogP contribution in [0.5, 0.6) is 0 Å². The van der Waals surface area contributed by atoms with Crippen molar-refractivity contribution in [2.75, 3.05) is 0 Å². The molecule has 92 valence electrons. The Labute approximate surface area is 105 Å². The second kappa shape index (κ2) is 5.09. The fourth-order valence-corrected chi connectivity index (χ4v) is 1.95. The van der Waals surface area contributed by atoms with Crippen LogP contribution in [0.1, 0.15) is 10.5 Å². The van der Waals surface area contributed by atoms with Crippen LogP contribution < -0.4 is 0 Å². The Balaban J connectivity index is 2.28. The van der Waals surface area contributed by atoms with E-state index in [1.165, 1.54) is 12.3 Å². The van der Waals surface area contributed by atoms with E-state index in [1.54, 1.807) is 0 Å². The maximum absolute atomic E-state index is 13.4. The summed E-state index contributed by atoms with van der Waals surface area (Å²) in [7, 11) is 0. The number of halogens is 2. The lowest BCUT2D eigenvalue weighted by Gasteiger charge is -2.02. The van der Waals surface area contributed by atoms with Gasteiger partial charge in [-0.2, -0.15) is 0 Å². The number of carbonyl (C=O) groups is 1. The third-order valence-electron chi connectivity index (χ3n) is 1.94. The first-order valence-corrected chi connectivity index (χ1v) is 5.56. The smallest absolute Gasteiger partial charge is 0.356 e. The number of aromatic carboxylic acids is 1. The minimum atomic E-state index is -1.22. The lowest BCUT2D eigenvalue weighted by molar-refractivity contribution is 0.0689. The molecule has 18 heavy (non-hydrogen) atoms. The van der Waals surface area contributed by atoms with E-state index < -0.39 is 17.6 Å². The van der Waals surface area contributed by atoms with Crippen molar-refractivity contribution in [3.8, 4) is 0 Å². The molecule has 0 unspecified atom stereocenters. The number of carboxylic acids is 1. The standard InChI is InChI=1S/C11H6F2N2O2S/c12-6-1-2-9(7(13)3-6)18-10-5-14-4-8(15-10)11(16)17/h1-5H,(H,16,17). The van der Waals surface area contributed by atoms with Crippen LogP contribution in [0.15, 0.2) is 40.5 Å². The first kappa shape index (κ1) is 12.4. The molecule has 1 aromatic heterocycles. The van der Waals surface area contributed by atoms with Gasteiger partial charge in [0.25, 0.3) is 0 Å². The molecule has 0 aliphatic rings. The second-order valence-electron chi connectivity index (χ2n) is 3.22. The first-order chi connectivity index (χ1) is 8.56. The third kappa shape index (κ3) is 2.80. The predicted molar refractivity (Wildman–Crippen MR) is 59.5 cm³/mol. The van der Waals surface area contributed by atoms with Gasteiger partial charge in [-0.1, -0.05) is 11.8 Å². The van der Waals surface area contributed by atoms with E-state index in [2.05, 4.69) is 9.97 Å². The number of rotatable bonds is 3. The maximum atomic E-state index is 13.4. The minimum Gasteiger partial charge on any atom is -0.476 e. The van der Waals surface area contributed by atoms with Gasteiger partial charge in [0.05, 0.1) is 12.4 Å². The third-order valence-corrected chi connectivity index (χ3v) is 2.90. The Kier molecular flexibility index (Phi) is 3.52. The molecular weight excluding hydrogens is 262 g/mol. The summed E-state index contributed by atoms with van der Waals surface area (Å²) in [6, 6.07) is 3.11. The van der Waals surface area contributed by atoms with E-state index in [0.717, 1.165) is 30.1 Å².